The van der Waals surface area contributed by atoms with Crippen molar-refractivity contribution in [2.24, 2.45) is 0 Å². The number of piperazine rings is 1. The van der Waals surface area contributed by atoms with Gasteiger partial charge in [-0.15, -0.1) is 0 Å². The number of benzene rings is 1. The van der Waals surface area contributed by atoms with Crippen molar-refractivity contribution in [2.75, 3.05) is 33.3 Å². The van der Waals surface area contributed by atoms with Crippen LogP contribution < -0.4 is 4.74 Å². The van der Waals surface area contributed by atoms with Crippen LogP contribution in [0.1, 0.15) is 17.3 Å². The largest absolute Gasteiger partial charge is 0.497 e. The lowest BCUT2D eigenvalue weighted by atomic mass is 10.1. The zero-order valence-corrected chi connectivity index (χ0v) is 12.3. The Hall–Kier alpha value is -2.08. The van der Waals surface area contributed by atoms with Gasteiger partial charge in [0.1, 0.15) is 11.8 Å². The predicted molar refractivity (Wildman–Crippen MR) is 77.6 cm³/mol. The SMILES string of the molecule is COc1ccc(C(=O)N2CCN([C@H](C)C(=O)O)CC2)cc1. The van der Waals surface area contributed by atoms with E-state index >= 15 is 0 Å². The van der Waals surface area contributed by atoms with E-state index in [1.807, 2.05) is 4.90 Å². The van der Waals surface area contributed by atoms with Gasteiger partial charge in [0.25, 0.3) is 5.91 Å². The molecular formula is C15H20N2O4. The number of hydrogen-bond donors (Lipinski definition) is 1. The van der Waals surface area contributed by atoms with Crippen molar-refractivity contribution >= 4 is 11.9 Å². The molecule has 0 aliphatic carbocycles. The van der Waals surface area contributed by atoms with Crippen LogP contribution >= 0.6 is 0 Å². The first-order chi connectivity index (χ1) is 10.0. The predicted octanol–water partition coefficient (Wildman–Crippen LogP) is 0.926. The second kappa shape index (κ2) is 6.58. The van der Waals surface area contributed by atoms with E-state index in [1.165, 1.54) is 0 Å². The molecule has 1 atom stereocenters. The molecule has 0 aromatic heterocycles. The molecule has 21 heavy (non-hydrogen) atoms. The molecule has 1 aromatic rings. The van der Waals surface area contributed by atoms with Crippen LogP contribution in [0, 0.1) is 0 Å². The summed E-state index contributed by atoms with van der Waals surface area (Å²) in [4.78, 5) is 27.0. The number of hydrogen-bond acceptors (Lipinski definition) is 4. The van der Waals surface area contributed by atoms with Gasteiger partial charge in [-0.1, -0.05) is 0 Å². The number of rotatable bonds is 4. The molecule has 0 unspecified atom stereocenters. The minimum Gasteiger partial charge on any atom is -0.497 e. The van der Waals surface area contributed by atoms with Crippen LogP contribution in [-0.2, 0) is 4.79 Å². The third-order valence-corrected chi connectivity index (χ3v) is 3.84. The molecule has 6 heteroatoms. The van der Waals surface area contributed by atoms with Gasteiger partial charge in [-0.3, -0.25) is 14.5 Å². The zero-order valence-electron chi connectivity index (χ0n) is 12.3. The third-order valence-electron chi connectivity index (χ3n) is 3.84. The summed E-state index contributed by atoms with van der Waals surface area (Å²) in [7, 11) is 1.58. The lowest BCUT2D eigenvalue weighted by Crippen LogP contribution is -2.53. The molecule has 0 bridgehead atoms. The molecule has 1 aromatic carbocycles. The maximum absolute atomic E-state index is 12.4. The van der Waals surface area contributed by atoms with E-state index in [4.69, 9.17) is 9.84 Å². The van der Waals surface area contributed by atoms with E-state index in [0.29, 0.717) is 37.5 Å². The molecule has 1 saturated heterocycles. The number of methoxy groups -OCH3 is 1. The Morgan fingerprint density at radius 1 is 1.14 bits per heavy atom. The molecule has 0 spiro atoms. The van der Waals surface area contributed by atoms with Gasteiger partial charge in [0, 0.05) is 31.7 Å². The molecule has 114 valence electrons. The monoisotopic (exact) mass is 292 g/mol. The number of carbonyl (C=O) groups excluding carboxylic acids is 1. The smallest absolute Gasteiger partial charge is 0.320 e. The Morgan fingerprint density at radius 2 is 1.71 bits per heavy atom. The number of carboxylic acids is 1. The van der Waals surface area contributed by atoms with Crippen LogP contribution in [0.2, 0.25) is 0 Å². The molecule has 1 aliphatic heterocycles. The van der Waals surface area contributed by atoms with Crippen molar-refractivity contribution in [3.05, 3.63) is 29.8 Å². The Kier molecular flexibility index (Phi) is 4.80. The molecule has 1 N–H and O–H groups in total. The summed E-state index contributed by atoms with van der Waals surface area (Å²) in [5, 5.41) is 9.00. The first kappa shape index (κ1) is 15.3. The first-order valence-corrected chi connectivity index (χ1v) is 6.93. The van der Waals surface area contributed by atoms with Crippen LogP contribution in [-0.4, -0.2) is 66.1 Å². The van der Waals surface area contributed by atoms with Gasteiger partial charge >= 0.3 is 5.97 Å². The Labute approximate surface area is 123 Å². The number of carbonyl (C=O) groups is 2. The van der Waals surface area contributed by atoms with Gasteiger partial charge in [-0.2, -0.15) is 0 Å². The fraction of sp³-hybridized carbons (Fsp3) is 0.467. The van der Waals surface area contributed by atoms with Crippen molar-refractivity contribution in [3.63, 3.8) is 0 Å². The van der Waals surface area contributed by atoms with Crippen LogP contribution in [0.15, 0.2) is 24.3 Å². The van der Waals surface area contributed by atoms with E-state index in [2.05, 4.69) is 0 Å². The van der Waals surface area contributed by atoms with E-state index in [0.717, 1.165) is 0 Å². The second-order valence-electron chi connectivity index (χ2n) is 5.07. The molecule has 1 amide bonds. The van der Waals surface area contributed by atoms with Gasteiger partial charge in [0.15, 0.2) is 0 Å². The topological polar surface area (TPSA) is 70.1 Å². The van der Waals surface area contributed by atoms with Gasteiger partial charge in [0.2, 0.25) is 0 Å². The molecule has 1 heterocycles. The summed E-state index contributed by atoms with van der Waals surface area (Å²) in [6.45, 7) is 3.92. The zero-order chi connectivity index (χ0) is 15.4. The van der Waals surface area contributed by atoms with Crippen LogP contribution in [0.4, 0.5) is 0 Å². The number of aliphatic carboxylic acids is 1. The quantitative estimate of drug-likeness (QED) is 0.894. The second-order valence-corrected chi connectivity index (χ2v) is 5.07. The molecule has 2 rings (SSSR count). The van der Waals surface area contributed by atoms with Gasteiger partial charge < -0.3 is 14.7 Å². The highest BCUT2D eigenvalue weighted by molar-refractivity contribution is 5.94. The molecular weight excluding hydrogens is 272 g/mol. The van der Waals surface area contributed by atoms with Crippen LogP contribution in [0.3, 0.4) is 0 Å². The number of nitrogens with zero attached hydrogens (tertiary/aromatic N) is 2. The highest BCUT2D eigenvalue weighted by Gasteiger charge is 2.27. The van der Waals surface area contributed by atoms with Crippen LogP contribution in [0.5, 0.6) is 5.75 Å². The van der Waals surface area contributed by atoms with E-state index < -0.39 is 12.0 Å². The molecule has 0 radical (unpaired) electrons. The first-order valence-electron chi connectivity index (χ1n) is 6.93. The minimum absolute atomic E-state index is 0.0275. The molecule has 1 fully saturated rings. The van der Waals surface area contributed by atoms with Crippen molar-refractivity contribution in [1.82, 2.24) is 9.80 Å². The fourth-order valence-corrected chi connectivity index (χ4v) is 2.38. The van der Waals surface area contributed by atoms with E-state index in [9.17, 15) is 9.59 Å². The normalized spacial score (nSPS) is 17.3. The van der Waals surface area contributed by atoms with Crippen molar-refractivity contribution in [3.8, 4) is 5.75 Å². The maximum atomic E-state index is 12.4. The van der Waals surface area contributed by atoms with E-state index in [-0.39, 0.29) is 5.91 Å². The third kappa shape index (κ3) is 3.52. The van der Waals surface area contributed by atoms with Crippen molar-refractivity contribution in [1.29, 1.82) is 0 Å². The number of amides is 1. The highest BCUT2D eigenvalue weighted by atomic mass is 16.5. The average Bonchev–Trinajstić information content (AvgIpc) is 2.53. The summed E-state index contributed by atoms with van der Waals surface area (Å²) >= 11 is 0. The summed E-state index contributed by atoms with van der Waals surface area (Å²) in [5.74, 6) is -0.142. The average molecular weight is 292 g/mol. The number of carboxylic acid groups (broad SMARTS) is 1. The summed E-state index contributed by atoms with van der Waals surface area (Å²) in [6, 6.07) is 6.50. The maximum Gasteiger partial charge on any atom is 0.320 e. The highest BCUT2D eigenvalue weighted by Crippen LogP contribution is 2.15. The van der Waals surface area contributed by atoms with Crippen LogP contribution in [0.25, 0.3) is 0 Å². The van der Waals surface area contributed by atoms with E-state index in [1.54, 1.807) is 43.2 Å². The van der Waals surface area contributed by atoms with Crippen molar-refractivity contribution < 1.29 is 19.4 Å². The Bertz CT molecular complexity index is 507. The van der Waals surface area contributed by atoms with Gasteiger partial charge in [-0.05, 0) is 31.2 Å². The van der Waals surface area contributed by atoms with Crippen molar-refractivity contribution in [2.45, 2.75) is 13.0 Å². The molecule has 0 saturated carbocycles. The summed E-state index contributed by atoms with van der Waals surface area (Å²) in [5.41, 5.74) is 0.621. The molecule has 1 aliphatic rings. The number of ether oxygens (including phenoxy) is 1. The lowest BCUT2D eigenvalue weighted by molar-refractivity contribution is -0.143. The van der Waals surface area contributed by atoms with Gasteiger partial charge in [0.05, 0.1) is 7.11 Å². The summed E-state index contributed by atoms with van der Waals surface area (Å²) < 4.78 is 5.07. The Balaban J connectivity index is 1.95. The lowest BCUT2D eigenvalue weighted by Gasteiger charge is -2.36. The fourth-order valence-electron chi connectivity index (χ4n) is 2.38. The molecule has 6 nitrogen and oxygen atoms in total. The summed E-state index contributed by atoms with van der Waals surface area (Å²) in [6.07, 6.45) is 0. The standard InChI is InChI=1S/C15H20N2O4/c1-11(15(19)20)16-7-9-17(10-8-16)14(18)12-3-5-13(21-2)6-4-12/h3-6,11H,7-10H2,1-2H3,(H,19,20)/t11-/m1/s1. The minimum atomic E-state index is -0.829. The Morgan fingerprint density at radius 3 is 2.19 bits per heavy atom. The van der Waals surface area contributed by atoms with Gasteiger partial charge in [-0.25, -0.2) is 0 Å².